The summed E-state index contributed by atoms with van der Waals surface area (Å²) in [4.78, 5) is 11.6. The predicted molar refractivity (Wildman–Crippen MR) is 82.0 cm³/mol. The largest absolute Gasteiger partial charge is 0.481 e. The number of fused-ring (bicyclic) bond motifs is 1. The molecule has 0 heterocycles. The number of rotatable bonds is 2. The Morgan fingerprint density at radius 3 is 2.52 bits per heavy atom. The number of ether oxygens (including phenoxy) is 1. The standard InChI is InChI=1S/C18H24O3/c1-17(21-2)10-5-13-14(16(19)20)6-12-18(8-3-4-9-18)15(13)7-11-17/h5,7,10-11,14H,3-4,6,8-9,12H2,1-2H3,(H,19,20). The highest BCUT2D eigenvalue weighted by atomic mass is 16.5. The van der Waals surface area contributed by atoms with Crippen LogP contribution in [0.4, 0.5) is 0 Å². The molecule has 21 heavy (non-hydrogen) atoms. The number of carboxylic acids is 1. The molecule has 3 aliphatic rings. The van der Waals surface area contributed by atoms with E-state index < -0.39 is 11.6 Å². The lowest BCUT2D eigenvalue weighted by molar-refractivity contribution is -0.140. The SMILES string of the molecule is COC1(C)C=CC2=C(C=C1)C1(CCCC1)CCC2C(=O)O. The quantitative estimate of drug-likeness (QED) is 0.839. The van der Waals surface area contributed by atoms with Crippen LogP contribution in [-0.2, 0) is 9.53 Å². The Morgan fingerprint density at radius 1 is 1.24 bits per heavy atom. The first-order chi connectivity index (χ1) is 10.00. The lowest BCUT2D eigenvalue weighted by atomic mass is 9.65. The second-order valence-corrected chi connectivity index (χ2v) is 6.84. The molecule has 3 heteroatoms. The lowest BCUT2D eigenvalue weighted by Crippen LogP contribution is -2.31. The van der Waals surface area contributed by atoms with E-state index in [1.54, 1.807) is 7.11 Å². The van der Waals surface area contributed by atoms with Crippen LogP contribution in [0.1, 0.15) is 45.4 Å². The first-order valence-corrected chi connectivity index (χ1v) is 7.91. The zero-order valence-corrected chi connectivity index (χ0v) is 12.9. The number of aliphatic carboxylic acids is 1. The number of hydrogen-bond donors (Lipinski definition) is 1. The molecule has 1 saturated carbocycles. The summed E-state index contributed by atoms with van der Waals surface area (Å²) in [5.74, 6) is -1.07. The van der Waals surface area contributed by atoms with Crippen molar-refractivity contribution < 1.29 is 14.6 Å². The van der Waals surface area contributed by atoms with Crippen LogP contribution in [0, 0.1) is 11.3 Å². The van der Waals surface area contributed by atoms with Gasteiger partial charge in [-0.15, -0.1) is 0 Å². The predicted octanol–water partition coefficient (Wildman–Crippen LogP) is 3.87. The van der Waals surface area contributed by atoms with E-state index in [0.29, 0.717) is 0 Å². The topological polar surface area (TPSA) is 46.5 Å². The van der Waals surface area contributed by atoms with Crippen molar-refractivity contribution in [3.05, 3.63) is 35.5 Å². The molecule has 3 nitrogen and oxygen atoms in total. The van der Waals surface area contributed by atoms with Crippen LogP contribution in [0.25, 0.3) is 0 Å². The maximum Gasteiger partial charge on any atom is 0.310 e. The molecule has 2 atom stereocenters. The average molecular weight is 288 g/mol. The van der Waals surface area contributed by atoms with Gasteiger partial charge in [-0.3, -0.25) is 4.79 Å². The van der Waals surface area contributed by atoms with E-state index in [1.165, 1.54) is 31.3 Å². The van der Waals surface area contributed by atoms with Gasteiger partial charge in [-0.05, 0) is 61.3 Å². The minimum Gasteiger partial charge on any atom is -0.481 e. The molecule has 0 radical (unpaired) electrons. The lowest BCUT2D eigenvalue weighted by Gasteiger charge is -2.38. The van der Waals surface area contributed by atoms with Gasteiger partial charge in [0.25, 0.3) is 0 Å². The normalized spacial score (nSPS) is 34.1. The second kappa shape index (κ2) is 5.13. The van der Waals surface area contributed by atoms with E-state index in [-0.39, 0.29) is 11.3 Å². The Hall–Kier alpha value is -1.35. The molecular weight excluding hydrogens is 264 g/mol. The molecule has 3 aliphatic carbocycles. The summed E-state index contributed by atoms with van der Waals surface area (Å²) in [6.45, 7) is 2.01. The summed E-state index contributed by atoms with van der Waals surface area (Å²) in [7, 11) is 1.69. The molecule has 0 saturated heterocycles. The van der Waals surface area contributed by atoms with E-state index in [1.807, 2.05) is 19.1 Å². The molecule has 1 N–H and O–H groups in total. The molecule has 3 rings (SSSR count). The molecule has 0 aliphatic heterocycles. The zero-order chi connectivity index (χ0) is 15.1. The Morgan fingerprint density at radius 2 is 1.90 bits per heavy atom. The minimum atomic E-state index is -0.700. The number of allylic oxidation sites excluding steroid dienone is 3. The maximum atomic E-state index is 11.6. The third kappa shape index (κ3) is 2.38. The number of carbonyl (C=O) groups is 1. The van der Waals surface area contributed by atoms with Gasteiger partial charge < -0.3 is 9.84 Å². The van der Waals surface area contributed by atoms with Gasteiger partial charge >= 0.3 is 5.97 Å². The van der Waals surface area contributed by atoms with E-state index in [0.717, 1.165) is 18.4 Å². The molecule has 0 aromatic heterocycles. The van der Waals surface area contributed by atoms with Crippen molar-refractivity contribution in [1.82, 2.24) is 0 Å². The van der Waals surface area contributed by atoms with Gasteiger partial charge in [-0.1, -0.05) is 25.0 Å². The van der Waals surface area contributed by atoms with Crippen molar-refractivity contribution in [2.45, 2.75) is 51.0 Å². The number of carboxylic acid groups (broad SMARTS) is 1. The van der Waals surface area contributed by atoms with Crippen LogP contribution < -0.4 is 0 Å². The fourth-order valence-electron chi connectivity index (χ4n) is 4.21. The summed E-state index contributed by atoms with van der Waals surface area (Å²) in [6, 6.07) is 0. The Balaban J connectivity index is 2.10. The highest BCUT2D eigenvalue weighted by Crippen LogP contribution is 2.54. The molecule has 0 aromatic rings. The van der Waals surface area contributed by atoms with Crippen molar-refractivity contribution in [1.29, 1.82) is 0 Å². The van der Waals surface area contributed by atoms with Gasteiger partial charge in [-0.25, -0.2) is 0 Å². The third-order valence-electron chi connectivity index (χ3n) is 5.64. The zero-order valence-electron chi connectivity index (χ0n) is 12.9. The Labute approximate surface area is 126 Å². The van der Waals surface area contributed by atoms with E-state index in [4.69, 9.17) is 4.74 Å². The fourth-order valence-corrected chi connectivity index (χ4v) is 4.21. The monoisotopic (exact) mass is 288 g/mol. The Bertz CT molecular complexity index is 535. The van der Waals surface area contributed by atoms with Crippen LogP contribution in [-0.4, -0.2) is 23.8 Å². The van der Waals surface area contributed by atoms with Crippen molar-refractivity contribution in [2.75, 3.05) is 7.11 Å². The van der Waals surface area contributed by atoms with Crippen LogP contribution in [0.3, 0.4) is 0 Å². The maximum absolute atomic E-state index is 11.6. The summed E-state index contributed by atoms with van der Waals surface area (Å²) in [5.41, 5.74) is 2.03. The van der Waals surface area contributed by atoms with Gasteiger partial charge in [-0.2, -0.15) is 0 Å². The van der Waals surface area contributed by atoms with Gasteiger partial charge in [0.2, 0.25) is 0 Å². The third-order valence-corrected chi connectivity index (χ3v) is 5.64. The van der Waals surface area contributed by atoms with Crippen molar-refractivity contribution >= 4 is 5.97 Å². The molecule has 1 fully saturated rings. The molecule has 114 valence electrons. The molecule has 0 amide bonds. The van der Waals surface area contributed by atoms with E-state index in [2.05, 4.69) is 12.2 Å². The van der Waals surface area contributed by atoms with Gasteiger partial charge in [0.15, 0.2) is 0 Å². The number of methoxy groups -OCH3 is 1. The highest BCUT2D eigenvalue weighted by molar-refractivity contribution is 5.76. The molecular formula is C18H24O3. The van der Waals surface area contributed by atoms with Crippen LogP contribution >= 0.6 is 0 Å². The van der Waals surface area contributed by atoms with Crippen LogP contribution in [0.2, 0.25) is 0 Å². The van der Waals surface area contributed by atoms with Crippen LogP contribution in [0.5, 0.6) is 0 Å². The molecule has 0 aromatic carbocycles. The first kappa shape index (κ1) is 14.6. The summed E-state index contributed by atoms with van der Waals surface area (Å²) >= 11 is 0. The van der Waals surface area contributed by atoms with Crippen molar-refractivity contribution in [3.8, 4) is 0 Å². The fraction of sp³-hybridized carbons (Fsp3) is 0.611. The van der Waals surface area contributed by atoms with Crippen molar-refractivity contribution in [2.24, 2.45) is 11.3 Å². The summed E-state index contributed by atoms with van der Waals surface area (Å²) < 4.78 is 5.56. The van der Waals surface area contributed by atoms with Crippen LogP contribution in [0.15, 0.2) is 35.5 Å². The summed E-state index contributed by atoms with van der Waals surface area (Å²) in [6.07, 6.45) is 14.9. The smallest absolute Gasteiger partial charge is 0.310 e. The molecule has 2 unspecified atom stereocenters. The highest BCUT2D eigenvalue weighted by Gasteiger charge is 2.44. The number of hydrogen-bond acceptors (Lipinski definition) is 2. The van der Waals surface area contributed by atoms with Gasteiger partial charge in [0, 0.05) is 7.11 Å². The molecule has 1 spiro atoms. The Kier molecular flexibility index (Phi) is 3.56. The van der Waals surface area contributed by atoms with Crippen molar-refractivity contribution in [3.63, 3.8) is 0 Å². The summed E-state index contributed by atoms with van der Waals surface area (Å²) in [5, 5.41) is 9.56. The van der Waals surface area contributed by atoms with E-state index in [9.17, 15) is 9.90 Å². The minimum absolute atomic E-state index is 0.209. The molecule has 0 bridgehead atoms. The van der Waals surface area contributed by atoms with E-state index >= 15 is 0 Å². The van der Waals surface area contributed by atoms with Gasteiger partial charge in [0.1, 0.15) is 5.60 Å². The first-order valence-electron chi connectivity index (χ1n) is 7.91. The average Bonchev–Trinajstić information content (AvgIpc) is 2.85. The van der Waals surface area contributed by atoms with Gasteiger partial charge in [0.05, 0.1) is 5.92 Å². The second-order valence-electron chi connectivity index (χ2n) is 6.84.